The van der Waals surface area contributed by atoms with Gasteiger partial charge in [-0.1, -0.05) is 0 Å². The van der Waals surface area contributed by atoms with E-state index in [9.17, 15) is 8.42 Å². The van der Waals surface area contributed by atoms with E-state index >= 15 is 0 Å². The molecular weight excluding hydrogens is 292 g/mol. The van der Waals surface area contributed by atoms with Crippen LogP contribution in [0.25, 0.3) is 0 Å². The van der Waals surface area contributed by atoms with E-state index in [-0.39, 0.29) is 17.1 Å². The highest BCUT2D eigenvalue weighted by molar-refractivity contribution is 7.89. The molecule has 0 radical (unpaired) electrons. The summed E-state index contributed by atoms with van der Waals surface area (Å²) < 4.78 is 37.9. The van der Waals surface area contributed by atoms with Crippen molar-refractivity contribution in [2.24, 2.45) is 0 Å². The molecule has 1 saturated heterocycles. The SMILES string of the molecule is COc1cc(C)c(N)cc1S(=O)(=O)N1C[C@@H](C)O[C@@H](C)C1. The van der Waals surface area contributed by atoms with Crippen LogP contribution >= 0.6 is 0 Å². The Kier molecular flexibility index (Phi) is 4.46. The molecule has 1 aromatic rings. The van der Waals surface area contributed by atoms with Crippen LogP contribution in [-0.4, -0.2) is 45.1 Å². The summed E-state index contributed by atoms with van der Waals surface area (Å²) in [6.45, 7) is 6.18. The first kappa shape index (κ1) is 16.1. The van der Waals surface area contributed by atoms with Gasteiger partial charge in [-0.25, -0.2) is 8.42 Å². The first-order chi connectivity index (χ1) is 9.75. The summed E-state index contributed by atoms with van der Waals surface area (Å²) in [4.78, 5) is 0.106. The van der Waals surface area contributed by atoms with Crippen LogP contribution in [0.3, 0.4) is 0 Å². The van der Waals surface area contributed by atoms with E-state index in [0.29, 0.717) is 24.5 Å². The van der Waals surface area contributed by atoms with Gasteiger partial charge in [0.25, 0.3) is 0 Å². The molecule has 0 unspecified atom stereocenters. The first-order valence-corrected chi connectivity index (χ1v) is 8.29. The number of sulfonamides is 1. The monoisotopic (exact) mass is 314 g/mol. The van der Waals surface area contributed by atoms with Crippen LogP contribution in [0.1, 0.15) is 19.4 Å². The van der Waals surface area contributed by atoms with E-state index in [0.717, 1.165) is 5.56 Å². The first-order valence-electron chi connectivity index (χ1n) is 6.85. The molecule has 2 atom stereocenters. The molecule has 0 saturated carbocycles. The minimum atomic E-state index is -3.66. The number of rotatable bonds is 3. The molecule has 0 amide bonds. The van der Waals surface area contributed by atoms with Crippen molar-refractivity contribution in [2.75, 3.05) is 25.9 Å². The fourth-order valence-electron chi connectivity index (χ4n) is 2.50. The van der Waals surface area contributed by atoms with Gasteiger partial charge < -0.3 is 15.2 Å². The number of benzene rings is 1. The average Bonchev–Trinajstić information content (AvgIpc) is 2.40. The number of ether oxygens (including phenoxy) is 2. The Morgan fingerprint density at radius 3 is 2.38 bits per heavy atom. The number of nitrogen functional groups attached to an aromatic ring is 1. The minimum Gasteiger partial charge on any atom is -0.495 e. The van der Waals surface area contributed by atoms with Gasteiger partial charge in [0.1, 0.15) is 10.6 Å². The molecule has 0 bridgehead atoms. The van der Waals surface area contributed by atoms with Crippen molar-refractivity contribution in [1.29, 1.82) is 0 Å². The Morgan fingerprint density at radius 2 is 1.86 bits per heavy atom. The van der Waals surface area contributed by atoms with Crippen molar-refractivity contribution in [3.05, 3.63) is 17.7 Å². The Labute approximate surface area is 125 Å². The van der Waals surface area contributed by atoms with Crippen LogP contribution in [0.2, 0.25) is 0 Å². The van der Waals surface area contributed by atoms with E-state index in [1.807, 2.05) is 20.8 Å². The Bertz CT molecular complexity index is 620. The molecule has 7 heteroatoms. The largest absolute Gasteiger partial charge is 0.495 e. The van der Waals surface area contributed by atoms with Crippen molar-refractivity contribution in [3.63, 3.8) is 0 Å². The van der Waals surface area contributed by atoms with Crippen LogP contribution in [0.4, 0.5) is 5.69 Å². The molecule has 2 rings (SSSR count). The Morgan fingerprint density at radius 1 is 1.29 bits per heavy atom. The lowest BCUT2D eigenvalue weighted by Gasteiger charge is -2.34. The summed E-state index contributed by atoms with van der Waals surface area (Å²) >= 11 is 0. The van der Waals surface area contributed by atoms with E-state index in [1.165, 1.54) is 17.5 Å². The number of nitrogens with two attached hydrogens (primary N) is 1. The summed E-state index contributed by atoms with van der Waals surface area (Å²) in [5.74, 6) is 0.313. The second kappa shape index (κ2) is 5.82. The van der Waals surface area contributed by atoms with Crippen LogP contribution in [0, 0.1) is 6.92 Å². The van der Waals surface area contributed by atoms with Gasteiger partial charge >= 0.3 is 0 Å². The zero-order valence-corrected chi connectivity index (χ0v) is 13.6. The number of methoxy groups -OCH3 is 1. The molecule has 21 heavy (non-hydrogen) atoms. The van der Waals surface area contributed by atoms with Crippen molar-refractivity contribution < 1.29 is 17.9 Å². The van der Waals surface area contributed by atoms with Crippen LogP contribution in [0.15, 0.2) is 17.0 Å². The fraction of sp³-hybridized carbons (Fsp3) is 0.571. The van der Waals surface area contributed by atoms with E-state index < -0.39 is 10.0 Å². The minimum absolute atomic E-state index is 0.106. The predicted octanol–water partition coefficient (Wildman–Crippen LogP) is 1.38. The van der Waals surface area contributed by atoms with Crippen molar-refractivity contribution >= 4 is 15.7 Å². The van der Waals surface area contributed by atoms with E-state index in [1.54, 1.807) is 6.07 Å². The number of hydrogen-bond donors (Lipinski definition) is 1. The maximum absolute atomic E-state index is 12.9. The molecule has 0 spiro atoms. The predicted molar refractivity (Wildman–Crippen MR) is 80.9 cm³/mol. The van der Waals surface area contributed by atoms with Gasteiger partial charge in [-0.3, -0.25) is 0 Å². The molecule has 1 aromatic carbocycles. The molecule has 0 aromatic heterocycles. The zero-order chi connectivity index (χ0) is 15.8. The summed E-state index contributed by atoms with van der Waals surface area (Å²) in [6.07, 6.45) is -0.283. The molecule has 118 valence electrons. The number of hydrogen-bond acceptors (Lipinski definition) is 5. The zero-order valence-electron chi connectivity index (χ0n) is 12.8. The third-order valence-corrected chi connectivity index (χ3v) is 5.41. The smallest absolute Gasteiger partial charge is 0.247 e. The maximum Gasteiger partial charge on any atom is 0.247 e. The van der Waals surface area contributed by atoms with Gasteiger partial charge in [0, 0.05) is 18.8 Å². The molecular formula is C14H22N2O4S. The highest BCUT2D eigenvalue weighted by Gasteiger charge is 2.34. The molecule has 2 N–H and O–H groups in total. The summed E-state index contributed by atoms with van der Waals surface area (Å²) in [6, 6.07) is 3.11. The number of morpholine rings is 1. The number of anilines is 1. The lowest BCUT2D eigenvalue weighted by Crippen LogP contribution is -2.48. The van der Waals surface area contributed by atoms with E-state index in [4.69, 9.17) is 15.2 Å². The molecule has 1 aliphatic rings. The summed E-state index contributed by atoms with van der Waals surface area (Å²) in [5.41, 5.74) is 7.08. The second-order valence-corrected chi connectivity index (χ2v) is 7.35. The molecule has 1 aliphatic heterocycles. The van der Waals surface area contributed by atoms with Crippen LogP contribution in [0.5, 0.6) is 5.75 Å². The van der Waals surface area contributed by atoms with Gasteiger partial charge in [0.2, 0.25) is 10.0 Å². The molecule has 0 aliphatic carbocycles. The van der Waals surface area contributed by atoms with Gasteiger partial charge in [0.05, 0.1) is 19.3 Å². The highest BCUT2D eigenvalue weighted by atomic mass is 32.2. The van der Waals surface area contributed by atoms with Crippen molar-refractivity contribution in [2.45, 2.75) is 37.9 Å². The fourth-order valence-corrected chi connectivity index (χ4v) is 4.27. The maximum atomic E-state index is 12.9. The average molecular weight is 314 g/mol. The molecule has 1 fully saturated rings. The third-order valence-electron chi connectivity index (χ3n) is 3.56. The summed E-state index contributed by atoms with van der Waals surface area (Å²) in [5, 5.41) is 0. The van der Waals surface area contributed by atoms with Crippen LogP contribution < -0.4 is 10.5 Å². The van der Waals surface area contributed by atoms with Gasteiger partial charge in [-0.15, -0.1) is 0 Å². The lowest BCUT2D eigenvalue weighted by atomic mass is 10.2. The van der Waals surface area contributed by atoms with Gasteiger partial charge in [-0.2, -0.15) is 4.31 Å². The highest BCUT2D eigenvalue weighted by Crippen LogP contribution is 2.32. The van der Waals surface area contributed by atoms with E-state index in [2.05, 4.69) is 0 Å². The van der Waals surface area contributed by atoms with Crippen LogP contribution in [-0.2, 0) is 14.8 Å². The number of aryl methyl sites for hydroxylation is 1. The lowest BCUT2D eigenvalue weighted by molar-refractivity contribution is -0.0441. The van der Waals surface area contributed by atoms with Gasteiger partial charge in [0.15, 0.2) is 0 Å². The van der Waals surface area contributed by atoms with Crippen molar-refractivity contribution in [1.82, 2.24) is 4.31 Å². The quantitative estimate of drug-likeness (QED) is 0.853. The van der Waals surface area contributed by atoms with Crippen molar-refractivity contribution in [3.8, 4) is 5.75 Å². The Hall–Kier alpha value is -1.31. The molecule has 6 nitrogen and oxygen atoms in total. The third kappa shape index (κ3) is 3.14. The normalized spacial score (nSPS) is 24.0. The summed E-state index contributed by atoms with van der Waals surface area (Å²) in [7, 11) is -2.21. The van der Waals surface area contributed by atoms with Gasteiger partial charge in [-0.05, 0) is 38.5 Å². The number of nitrogens with zero attached hydrogens (tertiary/aromatic N) is 1. The molecule has 1 heterocycles. The second-order valence-electron chi connectivity index (χ2n) is 5.44. The Balaban J connectivity index is 2.46. The topological polar surface area (TPSA) is 81.9 Å². The standard InChI is InChI=1S/C14H22N2O4S/c1-9-5-13(19-4)14(6-12(9)15)21(17,18)16-7-10(2)20-11(3)8-16/h5-6,10-11H,7-8,15H2,1-4H3/t10-,11+.